The van der Waals surface area contributed by atoms with Crippen LogP contribution in [0.5, 0.6) is 0 Å². The Bertz CT molecular complexity index is 1080. The van der Waals surface area contributed by atoms with Gasteiger partial charge in [-0.15, -0.1) is 0 Å². The summed E-state index contributed by atoms with van der Waals surface area (Å²) in [6, 6.07) is 15.8. The molecule has 0 spiro atoms. The van der Waals surface area contributed by atoms with E-state index in [4.69, 9.17) is 0 Å². The van der Waals surface area contributed by atoms with Crippen molar-refractivity contribution in [1.82, 2.24) is 9.80 Å². The lowest BCUT2D eigenvalue weighted by Gasteiger charge is -2.44. The highest BCUT2D eigenvalue weighted by atomic mass is 16.2. The van der Waals surface area contributed by atoms with E-state index in [1.165, 1.54) is 11.3 Å². The van der Waals surface area contributed by atoms with Crippen molar-refractivity contribution < 1.29 is 19.2 Å². The third-order valence-corrected chi connectivity index (χ3v) is 7.40. The van der Waals surface area contributed by atoms with Gasteiger partial charge in [0, 0.05) is 18.3 Å². The second kappa shape index (κ2) is 9.41. The molecule has 2 atom stereocenters. The molecule has 2 heterocycles. The van der Waals surface area contributed by atoms with Gasteiger partial charge in [-0.2, -0.15) is 0 Å². The number of nitrogens with zero attached hydrogens (tertiary/aromatic N) is 3. The predicted molar refractivity (Wildman–Crippen MR) is 127 cm³/mol. The Labute approximate surface area is 199 Å². The number of carbonyl (C=O) groups is 4. The Balaban J connectivity index is 1.36. The molecule has 0 N–H and O–H groups in total. The molecule has 2 aliphatic heterocycles. The molecule has 0 aromatic heterocycles. The number of rotatable bonds is 5. The van der Waals surface area contributed by atoms with Crippen molar-refractivity contribution in [2.45, 2.75) is 44.6 Å². The summed E-state index contributed by atoms with van der Waals surface area (Å²) in [7, 11) is 0. The highest BCUT2D eigenvalue weighted by molar-refractivity contribution is 6.22. The molecule has 2 fully saturated rings. The van der Waals surface area contributed by atoms with Crippen LogP contribution in [0, 0.1) is 5.92 Å². The summed E-state index contributed by atoms with van der Waals surface area (Å²) in [5.74, 6) is -0.933. The Morgan fingerprint density at radius 3 is 2.15 bits per heavy atom. The molecule has 1 saturated heterocycles. The monoisotopic (exact) mass is 459 g/mol. The van der Waals surface area contributed by atoms with E-state index in [2.05, 4.69) is 0 Å². The molecule has 0 radical (unpaired) electrons. The van der Waals surface area contributed by atoms with E-state index in [9.17, 15) is 19.2 Å². The van der Waals surface area contributed by atoms with Crippen molar-refractivity contribution in [3.8, 4) is 0 Å². The third-order valence-electron chi connectivity index (χ3n) is 7.40. The molecule has 1 saturated carbocycles. The number of para-hydroxylation sites is 1. The SMILES string of the molecule is O=C1c2ccccc2C(=O)N1CC(=O)N(CC(=O)N1CCCC2CCCCC21)c1ccccc1. The van der Waals surface area contributed by atoms with Gasteiger partial charge in [0.05, 0.1) is 11.1 Å². The molecule has 2 aromatic carbocycles. The number of benzene rings is 2. The number of piperidine rings is 1. The highest BCUT2D eigenvalue weighted by Gasteiger charge is 2.39. The number of carbonyl (C=O) groups excluding carboxylic acids is 4. The fourth-order valence-corrected chi connectivity index (χ4v) is 5.70. The Morgan fingerprint density at radius 2 is 1.44 bits per heavy atom. The van der Waals surface area contributed by atoms with Gasteiger partial charge in [0.1, 0.15) is 13.1 Å². The zero-order chi connectivity index (χ0) is 23.7. The van der Waals surface area contributed by atoms with Gasteiger partial charge in [-0.1, -0.05) is 43.2 Å². The highest BCUT2D eigenvalue weighted by Crippen LogP contribution is 2.35. The fraction of sp³-hybridized carbons (Fsp3) is 0.407. The van der Waals surface area contributed by atoms with Crippen molar-refractivity contribution >= 4 is 29.3 Å². The first-order valence-electron chi connectivity index (χ1n) is 12.1. The molecule has 7 heteroatoms. The van der Waals surface area contributed by atoms with Gasteiger partial charge in [0.2, 0.25) is 11.8 Å². The predicted octanol–water partition coefficient (Wildman–Crippen LogP) is 3.50. The summed E-state index contributed by atoms with van der Waals surface area (Å²) in [5.41, 5.74) is 1.19. The summed E-state index contributed by atoms with van der Waals surface area (Å²) in [6.45, 7) is 0.213. The zero-order valence-corrected chi connectivity index (χ0v) is 19.2. The fourth-order valence-electron chi connectivity index (χ4n) is 5.70. The first-order chi connectivity index (χ1) is 16.5. The molecule has 2 aromatic rings. The summed E-state index contributed by atoms with van der Waals surface area (Å²) in [5, 5.41) is 0. The quantitative estimate of drug-likeness (QED) is 0.642. The van der Waals surface area contributed by atoms with Crippen molar-refractivity contribution in [1.29, 1.82) is 0 Å². The second-order valence-corrected chi connectivity index (χ2v) is 9.40. The van der Waals surface area contributed by atoms with E-state index < -0.39 is 24.3 Å². The molecule has 3 aliphatic rings. The summed E-state index contributed by atoms with van der Waals surface area (Å²) in [6.07, 6.45) is 6.68. The van der Waals surface area contributed by atoms with E-state index in [1.807, 2.05) is 11.0 Å². The maximum atomic E-state index is 13.5. The topological polar surface area (TPSA) is 78.0 Å². The van der Waals surface area contributed by atoms with Gasteiger partial charge in [-0.25, -0.2) is 0 Å². The molecular formula is C27H29N3O4. The van der Waals surface area contributed by atoms with E-state index in [1.54, 1.807) is 48.5 Å². The molecule has 2 unspecified atom stereocenters. The molecule has 4 amide bonds. The molecule has 34 heavy (non-hydrogen) atoms. The Kier molecular flexibility index (Phi) is 6.18. The smallest absolute Gasteiger partial charge is 0.262 e. The molecular weight excluding hydrogens is 430 g/mol. The van der Waals surface area contributed by atoms with Crippen LogP contribution in [-0.4, -0.2) is 59.1 Å². The summed E-state index contributed by atoms with van der Waals surface area (Å²) in [4.78, 5) is 56.9. The van der Waals surface area contributed by atoms with Crippen LogP contribution in [0.25, 0.3) is 0 Å². The van der Waals surface area contributed by atoms with Gasteiger partial charge in [-0.05, 0) is 55.9 Å². The number of amides is 4. The Morgan fingerprint density at radius 1 is 0.824 bits per heavy atom. The average molecular weight is 460 g/mol. The molecule has 1 aliphatic carbocycles. The van der Waals surface area contributed by atoms with Crippen molar-refractivity contribution in [2.24, 2.45) is 5.92 Å². The van der Waals surface area contributed by atoms with Gasteiger partial charge in [0.15, 0.2) is 0 Å². The lowest BCUT2D eigenvalue weighted by molar-refractivity contribution is -0.137. The molecule has 176 valence electrons. The number of hydrogen-bond acceptors (Lipinski definition) is 4. The van der Waals surface area contributed by atoms with Crippen LogP contribution in [0.1, 0.15) is 59.2 Å². The lowest BCUT2D eigenvalue weighted by Crippen LogP contribution is -2.54. The number of anilines is 1. The number of fused-ring (bicyclic) bond motifs is 2. The van der Waals surface area contributed by atoms with Crippen LogP contribution in [-0.2, 0) is 9.59 Å². The first kappa shape index (κ1) is 22.3. The zero-order valence-electron chi connectivity index (χ0n) is 19.2. The average Bonchev–Trinajstić information content (AvgIpc) is 3.12. The van der Waals surface area contributed by atoms with Crippen LogP contribution < -0.4 is 4.90 Å². The maximum Gasteiger partial charge on any atom is 0.262 e. The normalized spacial score (nSPS) is 21.8. The summed E-state index contributed by atoms with van der Waals surface area (Å²) < 4.78 is 0. The minimum Gasteiger partial charge on any atom is -0.338 e. The van der Waals surface area contributed by atoms with Crippen LogP contribution >= 0.6 is 0 Å². The van der Waals surface area contributed by atoms with Crippen molar-refractivity contribution in [2.75, 3.05) is 24.5 Å². The van der Waals surface area contributed by atoms with E-state index in [-0.39, 0.29) is 18.5 Å². The van der Waals surface area contributed by atoms with Crippen molar-refractivity contribution in [3.05, 3.63) is 65.7 Å². The van der Waals surface area contributed by atoms with Crippen molar-refractivity contribution in [3.63, 3.8) is 0 Å². The Hall–Kier alpha value is -3.48. The maximum absolute atomic E-state index is 13.5. The van der Waals surface area contributed by atoms with E-state index in [0.29, 0.717) is 22.7 Å². The molecule has 0 bridgehead atoms. The van der Waals surface area contributed by atoms with Gasteiger partial charge < -0.3 is 9.80 Å². The number of hydrogen-bond donors (Lipinski definition) is 0. The second-order valence-electron chi connectivity index (χ2n) is 9.40. The lowest BCUT2D eigenvalue weighted by atomic mass is 9.78. The van der Waals surface area contributed by atoms with E-state index in [0.717, 1.165) is 43.5 Å². The first-order valence-corrected chi connectivity index (χ1v) is 12.1. The summed E-state index contributed by atoms with van der Waals surface area (Å²) >= 11 is 0. The van der Waals surface area contributed by atoms with E-state index >= 15 is 0 Å². The van der Waals surface area contributed by atoms with Crippen LogP contribution in [0.3, 0.4) is 0 Å². The third kappa shape index (κ3) is 4.11. The van der Waals surface area contributed by atoms with Crippen LogP contribution in [0.2, 0.25) is 0 Å². The van der Waals surface area contributed by atoms with Gasteiger partial charge in [-0.3, -0.25) is 24.1 Å². The van der Waals surface area contributed by atoms with Crippen LogP contribution in [0.4, 0.5) is 5.69 Å². The number of likely N-dealkylation sites (tertiary alicyclic amines) is 1. The molecule has 5 rings (SSSR count). The minimum absolute atomic E-state index is 0.0730. The number of imide groups is 1. The largest absolute Gasteiger partial charge is 0.338 e. The minimum atomic E-state index is -0.477. The van der Waals surface area contributed by atoms with Gasteiger partial charge in [0.25, 0.3) is 11.8 Å². The standard InChI is InChI=1S/C27H29N3O4/c31-24(28-16-8-10-19-9-4-7-15-23(19)28)17-29(20-11-2-1-3-12-20)25(32)18-30-26(33)21-13-5-6-14-22(21)27(30)34/h1-3,5-6,11-14,19,23H,4,7-10,15-18H2. The van der Waals surface area contributed by atoms with Gasteiger partial charge >= 0.3 is 0 Å². The van der Waals surface area contributed by atoms with Crippen LogP contribution in [0.15, 0.2) is 54.6 Å². The molecule has 7 nitrogen and oxygen atoms in total.